The molecule has 20 heavy (non-hydrogen) atoms. The highest BCUT2D eigenvalue weighted by Gasteiger charge is 2.27. The molecule has 3 nitrogen and oxygen atoms in total. The zero-order valence-corrected chi connectivity index (χ0v) is 10.8. The molecule has 3 rings (SSSR count). The lowest BCUT2D eigenvalue weighted by atomic mass is 9.93. The monoisotopic (exact) mass is 266 g/mol. The second-order valence-corrected chi connectivity index (χ2v) is 4.67. The highest BCUT2D eigenvalue weighted by Crippen LogP contribution is 2.29. The van der Waals surface area contributed by atoms with Crippen molar-refractivity contribution in [3.8, 4) is 0 Å². The number of aliphatic hydroxyl groups excluding tert-OH is 1. The Balaban J connectivity index is 1.79. The topological polar surface area (TPSA) is 46.5 Å². The fourth-order valence-electron chi connectivity index (χ4n) is 2.28. The summed E-state index contributed by atoms with van der Waals surface area (Å²) in [5, 5.41) is 10.3. The van der Waals surface area contributed by atoms with E-state index >= 15 is 0 Å². The fourth-order valence-corrected chi connectivity index (χ4v) is 2.28. The number of aliphatic hydroxyl groups is 1. The highest BCUT2D eigenvalue weighted by molar-refractivity contribution is 5.89. The van der Waals surface area contributed by atoms with E-state index in [1.54, 1.807) is 30.3 Å². The van der Waals surface area contributed by atoms with Gasteiger partial charge < -0.3 is 9.84 Å². The van der Waals surface area contributed by atoms with Crippen molar-refractivity contribution in [3.63, 3.8) is 0 Å². The smallest absolute Gasteiger partial charge is 0.338 e. The molecule has 1 N–H and O–H groups in total. The van der Waals surface area contributed by atoms with Crippen LogP contribution in [0.25, 0.3) is 6.08 Å². The molecule has 1 unspecified atom stereocenters. The molecule has 0 saturated heterocycles. The summed E-state index contributed by atoms with van der Waals surface area (Å²) in [6, 6.07) is 16.3. The predicted octanol–water partition coefficient (Wildman–Crippen LogP) is 2.97. The second-order valence-electron chi connectivity index (χ2n) is 4.67. The van der Waals surface area contributed by atoms with Crippen LogP contribution in [-0.4, -0.2) is 17.2 Å². The maximum Gasteiger partial charge on any atom is 0.338 e. The average molecular weight is 266 g/mol. The van der Waals surface area contributed by atoms with Gasteiger partial charge in [0, 0.05) is 0 Å². The lowest BCUT2D eigenvalue weighted by molar-refractivity contribution is -0.00116. The summed E-state index contributed by atoms with van der Waals surface area (Å²) in [4.78, 5) is 12.0. The third-order valence-corrected chi connectivity index (χ3v) is 3.34. The Hall–Kier alpha value is -2.39. The lowest BCUT2D eigenvalue weighted by Crippen LogP contribution is -2.26. The molecule has 2 aromatic carbocycles. The van der Waals surface area contributed by atoms with Crippen molar-refractivity contribution >= 4 is 12.0 Å². The van der Waals surface area contributed by atoms with E-state index in [0.29, 0.717) is 5.56 Å². The first-order valence-electron chi connectivity index (χ1n) is 6.47. The molecule has 1 aliphatic carbocycles. The Morgan fingerprint density at radius 3 is 2.50 bits per heavy atom. The van der Waals surface area contributed by atoms with Gasteiger partial charge in [0.15, 0.2) is 6.10 Å². The van der Waals surface area contributed by atoms with Crippen LogP contribution in [0.15, 0.2) is 60.7 Å². The van der Waals surface area contributed by atoms with Crippen LogP contribution in [0.1, 0.15) is 27.6 Å². The Morgan fingerprint density at radius 1 is 1.00 bits per heavy atom. The Bertz CT molecular complexity index is 646. The summed E-state index contributed by atoms with van der Waals surface area (Å²) >= 11 is 0. The van der Waals surface area contributed by atoms with E-state index < -0.39 is 18.2 Å². The molecule has 1 aliphatic rings. The van der Waals surface area contributed by atoms with Crippen LogP contribution in [0.5, 0.6) is 0 Å². The van der Waals surface area contributed by atoms with Crippen LogP contribution >= 0.6 is 0 Å². The number of benzene rings is 2. The lowest BCUT2D eigenvalue weighted by Gasteiger charge is -2.25. The van der Waals surface area contributed by atoms with E-state index in [1.165, 1.54) is 0 Å². The minimum Gasteiger partial charge on any atom is -0.451 e. The van der Waals surface area contributed by atoms with Crippen LogP contribution in [0.3, 0.4) is 0 Å². The minimum absolute atomic E-state index is 0.432. The van der Waals surface area contributed by atoms with E-state index in [1.807, 2.05) is 36.4 Å². The summed E-state index contributed by atoms with van der Waals surface area (Å²) in [6.45, 7) is 0. The number of esters is 1. The van der Waals surface area contributed by atoms with Gasteiger partial charge in [-0.05, 0) is 29.3 Å². The molecule has 0 spiro atoms. The van der Waals surface area contributed by atoms with Gasteiger partial charge >= 0.3 is 5.97 Å². The molecule has 0 radical (unpaired) electrons. The number of ether oxygens (including phenoxy) is 1. The van der Waals surface area contributed by atoms with Crippen LogP contribution in [0.2, 0.25) is 0 Å². The van der Waals surface area contributed by atoms with Gasteiger partial charge in [0.2, 0.25) is 0 Å². The summed E-state index contributed by atoms with van der Waals surface area (Å²) in [5.41, 5.74) is 2.21. The van der Waals surface area contributed by atoms with Crippen LogP contribution in [-0.2, 0) is 4.74 Å². The number of hydrogen-bond donors (Lipinski definition) is 1. The number of hydrogen-bond acceptors (Lipinski definition) is 3. The molecular formula is C17H14O3. The number of rotatable bonds is 2. The standard InChI is InChI=1S/C17H14O3/c18-16-14-9-5-4-6-12(14)10-11-15(16)20-17(19)13-7-2-1-3-8-13/h1-11,15-16,18H/t15-,16?/m1/s1. The van der Waals surface area contributed by atoms with Crippen molar-refractivity contribution in [2.45, 2.75) is 12.2 Å². The Morgan fingerprint density at radius 2 is 1.70 bits per heavy atom. The summed E-state index contributed by atoms with van der Waals surface area (Å²) in [7, 11) is 0. The van der Waals surface area contributed by atoms with Gasteiger partial charge in [0.05, 0.1) is 5.56 Å². The summed E-state index contributed by atoms with van der Waals surface area (Å²) < 4.78 is 5.37. The molecule has 0 aromatic heterocycles. The molecule has 0 heterocycles. The average Bonchev–Trinajstić information content (AvgIpc) is 2.51. The molecule has 2 aromatic rings. The SMILES string of the molecule is O=C(O[C@@H]1C=Cc2ccccc2C1O)c1ccccc1. The summed E-state index contributed by atoms with van der Waals surface area (Å²) in [5.74, 6) is -0.432. The van der Waals surface area contributed by atoms with Crippen molar-refractivity contribution in [2.24, 2.45) is 0 Å². The maximum absolute atomic E-state index is 12.0. The van der Waals surface area contributed by atoms with Crippen molar-refractivity contribution in [1.29, 1.82) is 0 Å². The van der Waals surface area contributed by atoms with E-state index in [-0.39, 0.29) is 0 Å². The van der Waals surface area contributed by atoms with Gasteiger partial charge in [0.25, 0.3) is 0 Å². The molecule has 2 atom stereocenters. The second kappa shape index (κ2) is 5.31. The first-order chi connectivity index (χ1) is 9.75. The zero-order chi connectivity index (χ0) is 13.9. The van der Waals surface area contributed by atoms with Gasteiger partial charge in [-0.2, -0.15) is 0 Å². The molecule has 0 fully saturated rings. The molecule has 0 bridgehead atoms. The molecule has 0 saturated carbocycles. The van der Waals surface area contributed by atoms with Crippen molar-refractivity contribution in [1.82, 2.24) is 0 Å². The maximum atomic E-state index is 12.0. The summed E-state index contributed by atoms with van der Waals surface area (Å²) in [6.07, 6.45) is 2.10. The Labute approximate surface area is 117 Å². The molecule has 100 valence electrons. The third kappa shape index (κ3) is 2.36. The molecular weight excluding hydrogens is 252 g/mol. The largest absolute Gasteiger partial charge is 0.451 e. The minimum atomic E-state index is -0.830. The van der Waals surface area contributed by atoms with Gasteiger partial charge in [0.1, 0.15) is 6.10 Å². The normalized spacial score (nSPS) is 20.2. The van der Waals surface area contributed by atoms with Crippen LogP contribution < -0.4 is 0 Å². The van der Waals surface area contributed by atoms with E-state index in [4.69, 9.17) is 4.74 Å². The zero-order valence-electron chi connectivity index (χ0n) is 10.8. The van der Waals surface area contributed by atoms with Gasteiger partial charge in [-0.1, -0.05) is 48.5 Å². The van der Waals surface area contributed by atoms with Crippen molar-refractivity contribution in [2.75, 3.05) is 0 Å². The molecule has 3 heteroatoms. The van der Waals surface area contributed by atoms with Gasteiger partial charge in [-0.3, -0.25) is 0 Å². The Kier molecular flexibility index (Phi) is 3.35. The first-order valence-corrected chi connectivity index (χ1v) is 6.47. The van der Waals surface area contributed by atoms with Gasteiger partial charge in [-0.25, -0.2) is 4.79 Å². The number of fused-ring (bicyclic) bond motifs is 1. The number of carbonyl (C=O) groups is 1. The fraction of sp³-hybridized carbons (Fsp3) is 0.118. The van der Waals surface area contributed by atoms with E-state index in [0.717, 1.165) is 11.1 Å². The van der Waals surface area contributed by atoms with E-state index in [9.17, 15) is 9.90 Å². The third-order valence-electron chi connectivity index (χ3n) is 3.34. The molecule has 0 aliphatic heterocycles. The van der Waals surface area contributed by atoms with Crippen LogP contribution in [0, 0.1) is 0 Å². The number of carbonyl (C=O) groups excluding carboxylic acids is 1. The quantitative estimate of drug-likeness (QED) is 0.850. The first kappa shape index (κ1) is 12.6. The van der Waals surface area contributed by atoms with Crippen molar-refractivity contribution < 1.29 is 14.6 Å². The van der Waals surface area contributed by atoms with E-state index in [2.05, 4.69) is 0 Å². The van der Waals surface area contributed by atoms with Gasteiger partial charge in [-0.15, -0.1) is 0 Å². The highest BCUT2D eigenvalue weighted by atomic mass is 16.6. The molecule has 0 amide bonds. The predicted molar refractivity (Wildman–Crippen MR) is 76.1 cm³/mol. The van der Waals surface area contributed by atoms with Crippen molar-refractivity contribution in [3.05, 3.63) is 77.4 Å². The van der Waals surface area contributed by atoms with Crippen LogP contribution in [0.4, 0.5) is 0 Å².